The van der Waals surface area contributed by atoms with Crippen molar-refractivity contribution in [2.75, 3.05) is 11.9 Å². The average Bonchev–Trinajstić information content (AvgIpc) is 2.54. The molecule has 2 rings (SSSR count). The third-order valence-corrected chi connectivity index (χ3v) is 3.16. The quantitative estimate of drug-likeness (QED) is 0.856. The van der Waals surface area contributed by atoms with Crippen molar-refractivity contribution >= 4 is 11.6 Å². The lowest BCUT2D eigenvalue weighted by molar-refractivity contribution is 0.0940. The lowest BCUT2D eigenvalue weighted by Gasteiger charge is -2.16. The fraction of sp³-hybridized carbons (Fsp3) is 0.312. The summed E-state index contributed by atoms with van der Waals surface area (Å²) in [5.74, 6) is -0.118. The monoisotopic (exact) mass is 284 g/mol. The van der Waals surface area contributed by atoms with Crippen LogP contribution in [0.3, 0.4) is 0 Å². The number of rotatable bonds is 6. The first-order chi connectivity index (χ1) is 10.2. The number of pyridine rings is 2. The van der Waals surface area contributed by atoms with Crippen molar-refractivity contribution in [1.29, 1.82) is 0 Å². The van der Waals surface area contributed by atoms with Crippen molar-refractivity contribution in [3.8, 4) is 0 Å². The summed E-state index contributed by atoms with van der Waals surface area (Å²) in [7, 11) is 0. The maximum absolute atomic E-state index is 12.4. The standard InChI is InChI=1S/C16H20N4O/c1-3-7-19-15-11-18-9-6-14(15)16(21)20-12(2)13-5-4-8-17-10-13/h4-6,8-12,19H,3,7H2,1-2H3,(H,20,21). The second-order valence-electron chi connectivity index (χ2n) is 4.83. The van der Waals surface area contributed by atoms with Gasteiger partial charge in [-0.25, -0.2) is 0 Å². The molecule has 5 heteroatoms. The van der Waals surface area contributed by atoms with Gasteiger partial charge in [0.1, 0.15) is 0 Å². The van der Waals surface area contributed by atoms with Gasteiger partial charge in [0.2, 0.25) is 0 Å². The molecule has 0 aliphatic heterocycles. The van der Waals surface area contributed by atoms with E-state index in [1.165, 1.54) is 0 Å². The van der Waals surface area contributed by atoms with Gasteiger partial charge in [-0.05, 0) is 31.0 Å². The fourth-order valence-electron chi connectivity index (χ4n) is 1.98. The molecule has 110 valence electrons. The van der Waals surface area contributed by atoms with Gasteiger partial charge in [-0.1, -0.05) is 13.0 Å². The van der Waals surface area contributed by atoms with Crippen LogP contribution in [0.5, 0.6) is 0 Å². The molecule has 21 heavy (non-hydrogen) atoms. The third-order valence-electron chi connectivity index (χ3n) is 3.16. The Bertz CT molecular complexity index is 586. The molecule has 2 N–H and O–H groups in total. The number of amides is 1. The summed E-state index contributed by atoms with van der Waals surface area (Å²) in [5.41, 5.74) is 2.34. The Morgan fingerprint density at radius 2 is 2.05 bits per heavy atom. The average molecular weight is 284 g/mol. The summed E-state index contributed by atoms with van der Waals surface area (Å²) in [4.78, 5) is 20.5. The molecule has 0 saturated carbocycles. The van der Waals surface area contributed by atoms with E-state index in [2.05, 4.69) is 27.5 Å². The van der Waals surface area contributed by atoms with Crippen molar-refractivity contribution in [1.82, 2.24) is 15.3 Å². The number of carbonyl (C=O) groups is 1. The van der Waals surface area contributed by atoms with E-state index in [9.17, 15) is 4.79 Å². The van der Waals surface area contributed by atoms with E-state index in [-0.39, 0.29) is 11.9 Å². The maximum atomic E-state index is 12.4. The van der Waals surface area contributed by atoms with Crippen LogP contribution in [0.2, 0.25) is 0 Å². The molecule has 0 bridgehead atoms. The summed E-state index contributed by atoms with van der Waals surface area (Å²) >= 11 is 0. The SMILES string of the molecule is CCCNc1cnccc1C(=O)NC(C)c1cccnc1. The molecule has 0 aliphatic carbocycles. The van der Waals surface area contributed by atoms with E-state index < -0.39 is 0 Å². The highest BCUT2D eigenvalue weighted by atomic mass is 16.1. The van der Waals surface area contributed by atoms with Crippen molar-refractivity contribution in [3.63, 3.8) is 0 Å². The summed E-state index contributed by atoms with van der Waals surface area (Å²) in [6.07, 6.45) is 7.77. The van der Waals surface area contributed by atoms with Crippen molar-refractivity contribution in [3.05, 3.63) is 54.1 Å². The molecular formula is C16H20N4O. The van der Waals surface area contributed by atoms with Gasteiger partial charge in [0.15, 0.2) is 0 Å². The molecule has 0 fully saturated rings. The molecular weight excluding hydrogens is 264 g/mol. The number of hydrogen-bond acceptors (Lipinski definition) is 4. The largest absolute Gasteiger partial charge is 0.383 e. The van der Waals surface area contributed by atoms with Crippen molar-refractivity contribution in [2.24, 2.45) is 0 Å². The molecule has 0 spiro atoms. The minimum atomic E-state index is -0.118. The van der Waals surface area contributed by atoms with Crippen LogP contribution in [0.15, 0.2) is 43.0 Å². The molecule has 1 amide bonds. The van der Waals surface area contributed by atoms with E-state index in [0.29, 0.717) is 5.56 Å². The van der Waals surface area contributed by atoms with Gasteiger partial charge in [-0.3, -0.25) is 14.8 Å². The van der Waals surface area contributed by atoms with Crippen LogP contribution in [0.1, 0.15) is 42.2 Å². The van der Waals surface area contributed by atoms with Crippen LogP contribution in [0.4, 0.5) is 5.69 Å². The summed E-state index contributed by atoms with van der Waals surface area (Å²) in [5, 5.41) is 6.20. The lowest BCUT2D eigenvalue weighted by Crippen LogP contribution is -2.27. The van der Waals surface area contributed by atoms with Crippen LogP contribution >= 0.6 is 0 Å². The molecule has 1 atom stereocenters. The second kappa shape index (κ2) is 7.38. The number of anilines is 1. The van der Waals surface area contributed by atoms with Gasteiger partial charge in [0, 0.05) is 25.1 Å². The normalized spacial score (nSPS) is 11.7. The molecule has 5 nitrogen and oxygen atoms in total. The van der Waals surface area contributed by atoms with Gasteiger partial charge < -0.3 is 10.6 Å². The Morgan fingerprint density at radius 1 is 1.24 bits per heavy atom. The number of nitrogens with zero attached hydrogens (tertiary/aromatic N) is 2. The van der Waals surface area contributed by atoms with Gasteiger partial charge in [-0.15, -0.1) is 0 Å². The van der Waals surface area contributed by atoms with E-state index >= 15 is 0 Å². The molecule has 0 aromatic carbocycles. The molecule has 0 aliphatic rings. The highest BCUT2D eigenvalue weighted by molar-refractivity contribution is 5.99. The number of carbonyl (C=O) groups excluding carboxylic acids is 1. The molecule has 2 aromatic rings. The van der Waals surface area contributed by atoms with Crippen LogP contribution in [-0.2, 0) is 0 Å². The van der Waals surface area contributed by atoms with Gasteiger partial charge >= 0.3 is 0 Å². The first-order valence-electron chi connectivity index (χ1n) is 7.11. The Kier molecular flexibility index (Phi) is 5.26. The fourth-order valence-corrected chi connectivity index (χ4v) is 1.98. The highest BCUT2D eigenvalue weighted by Gasteiger charge is 2.14. The predicted octanol–water partition coefficient (Wildman–Crippen LogP) is 2.79. The summed E-state index contributed by atoms with van der Waals surface area (Å²) < 4.78 is 0. The van der Waals surface area contributed by atoms with Crippen LogP contribution in [0.25, 0.3) is 0 Å². The molecule has 2 heterocycles. The molecule has 2 aromatic heterocycles. The maximum Gasteiger partial charge on any atom is 0.253 e. The van der Waals surface area contributed by atoms with E-state index in [1.54, 1.807) is 30.9 Å². The summed E-state index contributed by atoms with van der Waals surface area (Å²) in [6, 6.07) is 5.43. The second-order valence-corrected chi connectivity index (χ2v) is 4.83. The van der Waals surface area contributed by atoms with Crippen molar-refractivity contribution in [2.45, 2.75) is 26.3 Å². The van der Waals surface area contributed by atoms with E-state index in [4.69, 9.17) is 0 Å². The van der Waals surface area contributed by atoms with E-state index in [0.717, 1.165) is 24.2 Å². The topological polar surface area (TPSA) is 66.9 Å². The number of nitrogens with one attached hydrogen (secondary N) is 2. The van der Waals surface area contributed by atoms with Crippen LogP contribution in [-0.4, -0.2) is 22.4 Å². The molecule has 0 radical (unpaired) electrons. The Morgan fingerprint density at radius 3 is 2.76 bits per heavy atom. The first-order valence-corrected chi connectivity index (χ1v) is 7.11. The number of aromatic nitrogens is 2. The minimum Gasteiger partial charge on any atom is -0.383 e. The van der Waals surface area contributed by atoms with E-state index in [1.807, 2.05) is 19.1 Å². The summed E-state index contributed by atoms with van der Waals surface area (Å²) in [6.45, 7) is 4.83. The van der Waals surface area contributed by atoms with Crippen molar-refractivity contribution < 1.29 is 4.79 Å². The van der Waals surface area contributed by atoms with Crippen LogP contribution < -0.4 is 10.6 Å². The Balaban J connectivity index is 2.10. The Labute approximate surface area is 124 Å². The molecule has 1 unspecified atom stereocenters. The zero-order valence-electron chi connectivity index (χ0n) is 12.3. The van der Waals surface area contributed by atoms with Gasteiger partial charge in [0.05, 0.1) is 23.5 Å². The van der Waals surface area contributed by atoms with Gasteiger partial charge in [0.25, 0.3) is 5.91 Å². The smallest absolute Gasteiger partial charge is 0.253 e. The minimum absolute atomic E-state index is 0.0987. The zero-order valence-corrected chi connectivity index (χ0v) is 12.3. The first kappa shape index (κ1) is 15.0. The highest BCUT2D eigenvalue weighted by Crippen LogP contribution is 2.16. The van der Waals surface area contributed by atoms with Gasteiger partial charge in [-0.2, -0.15) is 0 Å². The Hall–Kier alpha value is -2.43. The molecule has 0 saturated heterocycles. The predicted molar refractivity (Wildman–Crippen MR) is 83.1 cm³/mol. The lowest BCUT2D eigenvalue weighted by atomic mass is 10.1. The zero-order chi connectivity index (χ0) is 15.1. The number of hydrogen-bond donors (Lipinski definition) is 2. The third kappa shape index (κ3) is 4.02. The van der Waals surface area contributed by atoms with Crippen LogP contribution in [0, 0.1) is 0 Å².